The monoisotopic (exact) mass is 270 g/mol. The van der Waals surface area contributed by atoms with Gasteiger partial charge in [-0.15, -0.1) is 0 Å². The number of ketones is 2. The van der Waals surface area contributed by atoms with Gasteiger partial charge in [-0.2, -0.15) is 0 Å². The minimum Gasteiger partial charge on any atom is -0.454 e. The van der Waals surface area contributed by atoms with Crippen molar-refractivity contribution in [2.24, 2.45) is 11.3 Å². The lowest BCUT2D eigenvalue weighted by Gasteiger charge is -2.25. The molecule has 4 nitrogen and oxygen atoms in total. The van der Waals surface area contributed by atoms with Gasteiger partial charge in [0.25, 0.3) is 0 Å². The Morgan fingerprint density at radius 2 is 2.00 bits per heavy atom. The Morgan fingerprint density at radius 3 is 2.85 bits per heavy atom. The summed E-state index contributed by atoms with van der Waals surface area (Å²) in [6.45, 7) is 2.00. The average molecular weight is 270 g/mol. The van der Waals surface area contributed by atoms with Crippen LogP contribution in [0, 0.1) is 11.3 Å². The highest BCUT2D eigenvalue weighted by Crippen LogP contribution is 2.49. The summed E-state index contributed by atoms with van der Waals surface area (Å²) < 4.78 is 10.7. The lowest BCUT2D eigenvalue weighted by atomic mass is 9.75. The van der Waals surface area contributed by atoms with Gasteiger partial charge in [0.1, 0.15) is 5.78 Å². The standard InChI is InChI=1S/C16H14O4/c1-16-5-4-10(11(15(16)18)7-14(16)17)9-2-3-12-13(6-9)20-8-19-12/h2-4,6,11H,5,7-8H2,1H3. The van der Waals surface area contributed by atoms with Crippen molar-refractivity contribution in [1.29, 1.82) is 0 Å². The van der Waals surface area contributed by atoms with Crippen LogP contribution in [0.15, 0.2) is 24.3 Å². The summed E-state index contributed by atoms with van der Waals surface area (Å²) in [5.74, 6) is 1.27. The van der Waals surface area contributed by atoms with Crippen molar-refractivity contribution >= 4 is 17.1 Å². The molecule has 0 radical (unpaired) electrons. The molecule has 2 unspecified atom stereocenters. The van der Waals surface area contributed by atoms with Gasteiger partial charge in [-0.05, 0) is 36.6 Å². The topological polar surface area (TPSA) is 52.6 Å². The van der Waals surface area contributed by atoms with Crippen LogP contribution in [0.4, 0.5) is 0 Å². The minimum atomic E-state index is -0.787. The van der Waals surface area contributed by atoms with Gasteiger partial charge in [-0.3, -0.25) is 9.59 Å². The highest BCUT2D eigenvalue weighted by atomic mass is 16.7. The number of benzene rings is 1. The zero-order valence-corrected chi connectivity index (χ0v) is 11.1. The predicted octanol–water partition coefficient (Wildman–Crippen LogP) is 2.37. The van der Waals surface area contributed by atoms with E-state index in [0.717, 1.165) is 16.9 Å². The van der Waals surface area contributed by atoms with Crippen molar-refractivity contribution in [1.82, 2.24) is 0 Å². The lowest BCUT2D eigenvalue weighted by Crippen LogP contribution is -2.32. The second kappa shape index (κ2) is 3.72. The molecule has 2 aliphatic carbocycles. The van der Waals surface area contributed by atoms with E-state index in [0.29, 0.717) is 18.6 Å². The van der Waals surface area contributed by atoms with E-state index in [1.807, 2.05) is 24.3 Å². The maximum Gasteiger partial charge on any atom is 0.231 e. The van der Waals surface area contributed by atoms with Crippen LogP contribution in [0.1, 0.15) is 25.3 Å². The zero-order chi connectivity index (χ0) is 13.9. The van der Waals surface area contributed by atoms with Crippen molar-refractivity contribution in [2.75, 3.05) is 6.79 Å². The van der Waals surface area contributed by atoms with Crippen molar-refractivity contribution in [2.45, 2.75) is 19.8 Å². The smallest absolute Gasteiger partial charge is 0.231 e. The second-order valence-electron chi connectivity index (χ2n) is 5.81. The fourth-order valence-corrected chi connectivity index (χ4v) is 3.34. The predicted molar refractivity (Wildman–Crippen MR) is 71.4 cm³/mol. The third-order valence-electron chi connectivity index (χ3n) is 4.68. The van der Waals surface area contributed by atoms with Crippen LogP contribution < -0.4 is 9.47 Å². The molecule has 2 atom stereocenters. The van der Waals surface area contributed by atoms with E-state index in [4.69, 9.17) is 9.47 Å². The molecule has 20 heavy (non-hydrogen) atoms. The number of hydrogen-bond acceptors (Lipinski definition) is 4. The zero-order valence-electron chi connectivity index (χ0n) is 11.1. The van der Waals surface area contributed by atoms with Gasteiger partial charge in [0.2, 0.25) is 6.79 Å². The van der Waals surface area contributed by atoms with Gasteiger partial charge < -0.3 is 9.47 Å². The summed E-state index contributed by atoms with van der Waals surface area (Å²) in [4.78, 5) is 24.5. The lowest BCUT2D eigenvalue weighted by molar-refractivity contribution is -0.134. The molecule has 1 aromatic carbocycles. The number of allylic oxidation sites excluding steroid dienone is 2. The first kappa shape index (κ1) is 11.7. The molecule has 0 aromatic heterocycles. The molecule has 4 heteroatoms. The fourth-order valence-electron chi connectivity index (χ4n) is 3.34. The minimum absolute atomic E-state index is 0.0673. The molecular weight excluding hydrogens is 256 g/mol. The molecule has 4 rings (SSSR count). The summed E-state index contributed by atoms with van der Waals surface area (Å²) in [6, 6.07) is 5.68. The van der Waals surface area contributed by atoms with Gasteiger partial charge >= 0.3 is 0 Å². The molecule has 0 N–H and O–H groups in total. The Morgan fingerprint density at radius 1 is 1.20 bits per heavy atom. The van der Waals surface area contributed by atoms with Crippen LogP contribution in [0.25, 0.3) is 5.57 Å². The average Bonchev–Trinajstić information content (AvgIpc) is 2.94. The van der Waals surface area contributed by atoms with Crippen LogP contribution >= 0.6 is 0 Å². The van der Waals surface area contributed by atoms with Crippen LogP contribution in [-0.2, 0) is 9.59 Å². The van der Waals surface area contributed by atoms with Crippen molar-refractivity contribution < 1.29 is 19.1 Å². The van der Waals surface area contributed by atoms with E-state index >= 15 is 0 Å². The molecule has 0 spiro atoms. The molecule has 102 valence electrons. The summed E-state index contributed by atoms with van der Waals surface area (Å²) in [5.41, 5.74) is 1.12. The van der Waals surface area contributed by atoms with Crippen molar-refractivity contribution in [3.05, 3.63) is 29.8 Å². The highest BCUT2D eigenvalue weighted by molar-refractivity contribution is 6.19. The Hall–Kier alpha value is -2.10. The van der Waals surface area contributed by atoms with E-state index in [2.05, 4.69) is 0 Å². The van der Waals surface area contributed by atoms with Gasteiger partial charge in [-0.25, -0.2) is 0 Å². The molecule has 1 aromatic rings. The Labute approximate surface area is 116 Å². The van der Waals surface area contributed by atoms with E-state index in [1.165, 1.54) is 0 Å². The second-order valence-corrected chi connectivity index (χ2v) is 5.81. The first-order valence-electron chi connectivity index (χ1n) is 6.77. The number of fused-ring (bicyclic) bond motifs is 3. The molecule has 1 saturated carbocycles. The van der Waals surface area contributed by atoms with E-state index in [9.17, 15) is 9.59 Å². The molecule has 2 bridgehead atoms. The van der Waals surface area contributed by atoms with E-state index in [-0.39, 0.29) is 24.3 Å². The first-order valence-corrected chi connectivity index (χ1v) is 6.77. The van der Waals surface area contributed by atoms with Gasteiger partial charge in [0.15, 0.2) is 17.3 Å². The fraction of sp³-hybridized carbons (Fsp3) is 0.375. The SMILES string of the molecule is CC12CC=C(c3ccc4c(c3)OCO4)C(CC1=O)C2=O. The van der Waals surface area contributed by atoms with Crippen molar-refractivity contribution in [3.63, 3.8) is 0 Å². The van der Waals surface area contributed by atoms with Crippen molar-refractivity contribution in [3.8, 4) is 11.5 Å². The molecular formula is C16H14O4. The normalized spacial score (nSPS) is 30.6. The van der Waals surface area contributed by atoms with Crippen LogP contribution in [0.5, 0.6) is 11.5 Å². The molecule has 3 aliphatic rings. The molecule has 0 amide bonds. The van der Waals surface area contributed by atoms with E-state index in [1.54, 1.807) is 6.92 Å². The van der Waals surface area contributed by atoms with Gasteiger partial charge in [0, 0.05) is 6.42 Å². The number of rotatable bonds is 1. The number of carbonyl (C=O) groups excluding carboxylic acids is 2. The van der Waals surface area contributed by atoms with Crippen LogP contribution in [0.3, 0.4) is 0 Å². The van der Waals surface area contributed by atoms with Gasteiger partial charge in [-0.1, -0.05) is 12.1 Å². The maximum absolute atomic E-state index is 12.4. The first-order chi connectivity index (χ1) is 9.59. The largest absolute Gasteiger partial charge is 0.454 e. The number of ether oxygens (including phenoxy) is 2. The summed E-state index contributed by atoms with van der Waals surface area (Å²) in [7, 11) is 0. The highest BCUT2D eigenvalue weighted by Gasteiger charge is 2.53. The summed E-state index contributed by atoms with van der Waals surface area (Å²) in [6.07, 6.45) is 2.87. The molecule has 0 saturated heterocycles. The Balaban J connectivity index is 1.77. The molecule has 1 aliphatic heterocycles. The molecule has 1 heterocycles. The third kappa shape index (κ3) is 1.36. The maximum atomic E-state index is 12.4. The number of carbonyl (C=O) groups is 2. The quantitative estimate of drug-likeness (QED) is 0.735. The summed E-state index contributed by atoms with van der Waals surface area (Å²) >= 11 is 0. The number of Topliss-reactive ketones (excluding diaryl/α,β-unsaturated/α-hetero) is 2. The van der Waals surface area contributed by atoms with E-state index < -0.39 is 5.41 Å². The Kier molecular flexibility index (Phi) is 2.18. The summed E-state index contributed by atoms with van der Waals surface area (Å²) in [5, 5.41) is 0. The van der Waals surface area contributed by atoms with Crippen LogP contribution in [-0.4, -0.2) is 18.4 Å². The molecule has 1 fully saturated rings. The van der Waals surface area contributed by atoms with Gasteiger partial charge in [0.05, 0.1) is 11.3 Å². The Bertz CT molecular complexity index is 673. The third-order valence-corrected chi connectivity index (χ3v) is 4.68. The number of hydrogen-bond donors (Lipinski definition) is 0. The van der Waals surface area contributed by atoms with Crippen LogP contribution in [0.2, 0.25) is 0 Å².